The van der Waals surface area contributed by atoms with E-state index in [9.17, 15) is 29.7 Å². The van der Waals surface area contributed by atoms with Crippen molar-refractivity contribution in [1.29, 1.82) is 0 Å². The summed E-state index contributed by atoms with van der Waals surface area (Å²) in [5.41, 5.74) is -4.69. The summed E-state index contributed by atoms with van der Waals surface area (Å²) in [7, 11) is 0. The Bertz CT molecular complexity index is 1710. The van der Waals surface area contributed by atoms with Gasteiger partial charge in [0.05, 0.1) is 18.6 Å². The molecule has 5 aliphatic carbocycles. The van der Waals surface area contributed by atoms with Gasteiger partial charge in [0.25, 0.3) is 0 Å². The molecule has 3 saturated carbocycles. The first-order valence-corrected chi connectivity index (χ1v) is 18.8. The van der Waals surface area contributed by atoms with Gasteiger partial charge in [-0.1, -0.05) is 112 Å². The number of Topliss-reactive ketones (excluding diaryl/α,β-unsaturated/α-hetero) is 1. The lowest BCUT2D eigenvalue weighted by atomic mass is 9.56. The smallest absolute Gasteiger partial charge is 0.330 e. The summed E-state index contributed by atoms with van der Waals surface area (Å²) in [5.74, 6) is -3.69. The van der Waals surface area contributed by atoms with Crippen LogP contribution in [0.2, 0.25) is 0 Å². The largest absolute Gasteiger partial charge is 0.462 e. The van der Waals surface area contributed by atoms with Gasteiger partial charge in [0.15, 0.2) is 5.78 Å². The van der Waals surface area contributed by atoms with Crippen LogP contribution in [-0.4, -0.2) is 63.1 Å². The molecule has 1 spiro atoms. The zero-order valence-corrected chi connectivity index (χ0v) is 30.8. The minimum Gasteiger partial charge on any atom is -0.462 e. The van der Waals surface area contributed by atoms with Crippen molar-refractivity contribution in [3.63, 3.8) is 0 Å². The van der Waals surface area contributed by atoms with Crippen molar-refractivity contribution in [2.75, 3.05) is 13.2 Å². The second-order valence-electron chi connectivity index (χ2n) is 16.0. The highest BCUT2D eigenvalue weighted by Gasteiger charge is 2.85. The third-order valence-corrected chi connectivity index (χ3v) is 13.1. The summed E-state index contributed by atoms with van der Waals surface area (Å²) in [6.07, 6.45) is 31.1. The van der Waals surface area contributed by atoms with Crippen LogP contribution in [0.5, 0.6) is 0 Å². The second-order valence-corrected chi connectivity index (χ2v) is 16.0. The number of carbonyl (C=O) groups is 3. The number of allylic oxidation sites excluding steroid dienone is 11. The fourth-order valence-corrected chi connectivity index (χ4v) is 10.4. The molecule has 6 rings (SSSR count). The number of unbranched alkanes of at least 4 members (excludes halogenated alkanes) is 1. The number of carbonyl (C=O) groups excluding carboxylic acids is 3. The number of cyclic esters (lactones) is 1. The zero-order chi connectivity index (χ0) is 37.5. The Morgan fingerprint density at radius 1 is 1.02 bits per heavy atom. The number of ketones is 1. The van der Waals surface area contributed by atoms with Gasteiger partial charge in [0, 0.05) is 35.7 Å². The van der Waals surface area contributed by atoms with Crippen LogP contribution in [0.1, 0.15) is 59.8 Å². The lowest BCUT2D eigenvalue weighted by molar-refractivity contribution is -0.187. The van der Waals surface area contributed by atoms with E-state index in [2.05, 4.69) is 31.7 Å². The van der Waals surface area contributed by atoms with Crippen molar-refractivity contribution >= 4 is 17.7 Å². The number of ether oxygens (including phenoxy) is 2. The van der Waals surface area contributed by atoms with E-state index < -0.39 is 70.2 Å². The third kappa shape index (κ3) is 6.10. The number of aliphatic hydroxyl groups excluding tert-OH is 1. The van der Waals surface area contributed by atoms with E-state index in [1.54, 1.807) is 25.2 Å². The van der Waals surface area contributed by atoms with Gasteiger partial charge in [-0.2, -0.15) is 0 Å². The number of rotatable bonds is 7. The Hall–Kier alpha value is -3.85. The lowest BCUT2D eigenvalue weighted by Gasteiger charge is -2.50. The maximum atomic E-state index is 13.5. The molecule has 0 radical (unpaired) electrons. The minimum absolute atomic E-state index is 0.0251. The highest BCUT2D eigenvalue weighted by molar-refractivity contribution is 6.04. The first-order valence-electron chi connectivity index (χ1n) is 18.8. The summed E-state index contributed by atoms with van der Waals surface area (Å²) < 4.78 is 12.3. The van der Waals surface area contributed by atoms with E-state index in [4.69, 9.17) is 9.47 Å². The van der Waals surface area contributed by atoms with Gasteiger partial charge in [-0.15, -0.1) is 6.58 Å². The van der Waals surface area contributed by atoms with Crippen molar-refractivity contribution in [2.45, 2.75) is 76.6 Å². The Morgan fingerprint density at radius 2 is 1.77 bits per heavy atom. The summed E-state index contributed by atoms with van der Waals surface area (Å²) in [6.45, 7) is 11.1. The molecule has 0 aromatic heterocycles. The average molecular weight is 711 g/mol. The van der Waals surface area contributed by atoms with Gasteiger partial charge < -0.3 is 24.8 Å². The number of esters is 2. The van der Waals surface area contributed by atoms with E-state index in [1.807, 2.05) is 62.5 Å². The van der Waals surface area contributed by atoms with Crippen LogP contribution in [0.25, 0.3) is 0 Å². The monoisotopic (exact) mass is 710 g/mol. The SMILES string of the molecule is C=C[C@H]1[C@H](/C=C/C=C/C=C/CCC)[C@H]2/C=C\C(=O)OC[C@]3(C)[C@H]4[C@@H]5C=C(CO)C[C@]6(O)C(=O)C(C)=C[C@H]6[C@@]5(O)[C@H](C)C[C@]43OC(=O)C/C=C/C=C/[C@@H]12. The quantitative estimate of drug-likeness (QED) is 0.161. The molecular weight excluding hydrogens is 656 g/mol. The van der Waals surface area contributed by atoms with Crippen LogP contribution >= 0.6 is 0 Å². The maximum absolute atomic E-state index is 13.5. The van der Waals surface area contributed by atoms with Crippen molar-refractivity contribution in [1.82, 2.24) is 0 Å². The fraction of sp³-hybridized carbons (Fsp3) is 0.523. The molecule has 52 heavy (non-hydrogen) atoms. The number of fused-ring (bicyclic) bond motifs is 6. The van der Waals surface area contributed by atoms with Crippen LogP contribution in [0.15, 0.2) is 109 Å². The van der Waals surface area contributed by atoms with Gasteiger partial charge in [0.1, 0.15) is 17.8 Å². The van der Waals surface area contributed by atoms with Gasteiger partial charge in [-0.05, 0) is 60.5 Å². The molecule has 0 bridgehead atoms. The van der Waals surface area contributed by atoms with Crippen LogP contribution in [-0.2, 0) is 23.9 Å². The van der Waals surface area contributed by atoms with E-state index in [-0.39, 0.29) is 49.5 Å². The number of hydrogen-bond acceptors (Lipinski definition) is 8. The molecule has 0 aromatic carbocycles. The lowest BCUT2D eigenvalue weighted by Crippen LogP contribution is -2.61. The molecule has 0 amide bonds. The van der Waals surface area contributed by atoms with E-state index in [0.29, 0.717) is 11.1 Å². The van der Waals surface area contributed by atoms with Gasteiger partial charge in [0.2, 0.25) is 0 Å². The normalized spacial score (nSPS) is 44.9. The maximum Gasteiger partial charge on any atom is 0.330 e. The van der Waals surface area contributed by atoms with Crippen molar-refractivity contribution in [3.05, 3.63) is 109 Å². The average Bonchev–Trinajstić information content (AvgIpc) is 3.55. The Balaban J connectivity index is 1.31. The first-order chi connectivity index (χ1) is 24.8. The second kappa shape index (κ2) is 14.5. The van der Waals surface area contributed by atoms with Gasteiger partial charge >= 0.3 is 11.9 Å². The van der Waals surface area contributed by atoms with E-state index in [0.717, 1.165) is 12.8 Å². The first kappa shape index (κ1) is 37.9. The third-order valence-electron chi connectivity index (χ3n) is 13.1. The summed E-state index contributed by atoms with van der Waals surface area (Å²) >= 11 is 0. The Kier molecular flexibility index (Phi) is 10.6. The standard InChI is InChI=1S/C44H54O8/c1-6-8-9-10-11-12-14-17-32-31(7-2)33-18-15-13-16-19-38(47)52-43-24-29(4)44(50)35(39(43)41(43,5)27-51-37(46)21-20-34(32)33)23-30(26-45)25-42(49)36(44)22-28(3)40(42)48/h7,9-18,20-23,29,31-36,39,45,49-50H,2,6,8,19,24-27H2,1,3-5H3/b10-9+,12-11+,16-13+,17-14+,18-15+,21-20-/t29-,31+,32+,33+,34-,35+,36-,39-,41-,42-,43+,44-/m1/s1. The predicted octanol–water partition coefficient (Wildman–Crippen LogP) is 6.24. The Labute approximate surface area is 307 Å². The van der Waals surface area contributed by atoms with Crippen LogP contribution < -0.4 is 0 Å². The highest BCUT2D eigenvalue weighted by Crippen LogP contribution is 2.77. The molecule has 0 saturated heterocycles. The van der Waals surface area contributed by atoms with Crippen LogP contribution in [0.3, 0.4) is 0 Å². The molecule has 8 heteroatoms. The van der Waals surface area contributed by atoms with E-state index in [1.165, 1.54) is 6.08 Å². The van der Waals surface area contributed by atoms with Crippen molar-refractivity contribution < 1.29 is 39.2 Å². The molecular formula is C44H54O8. The topological polar surface area (TPSA) is 130 Å². The van der Waals surface area contributed by atoms with Crippen LogP contribution in [0, 0.1) is 52.8 Å². The number of hydrogen-bond donors (Lipinski definition) is 3. The molecule has 278 valence electrons. The van der Waals surface area contributed by atoms with Crippen molar-refractivity contribution in [2.24, 2.45) is 52.8 Å². The summed E-state index contributed by atoms with van der Waals surface area (Å²) in [5, 5.41) is 35.0. The molecule has 0 aromatic rings. The summed E-state index contributed by atoms with van der Waals surface area (Å²) in [4.78, 5) is 40.3. The van der Waals surface area contributed by atoms with Crippen molar-refractivity contribution in [3.8, 4) is 0 Å². The Morgan fingerprint density at radius 3 is 2.50 bits per heavy atom. The minimum atomic E-state index is -1.90. The molecule has 1 heterocycles. The molecule has 12 atom stereocenters. The highest BCUT2D eigenvalue weighted by atomic mass is 16.6. The fourth-order valence-electron chi connectivity index (χ4n) is 10.4. The van der Waals surface area contributed by atoms with E-state index >= 15 is 0 Å². The molecule has 0 unspecified atom stereocenters. The zero-order valence-electron chi connectivity index (χ0n) is 30.8. The molecule has 3 N–H and O–H groups in total. The molecule has 8 nitrogen and oxygen atoms in total. The van der Waals surface area contributed by atoms with Gasteiger partial charge in [-0.25, -0.2) is 4.79 Å². The molecule has 3 fully saturated rings. The summed E-state index contributed by atoms with van der Waals surface area (Å²) in [6, 6.07) is 0. The van der Waals surface area contributed by atoms with Crippen LogP contribution in [0.4, 0.5) is 0 Å². The van der Waals surface area contributed by atoms with Gasteiger partial charge in [-0.3, -0.25) is 9.59 Å². The molecule has 6 aliphatic rings. The predicted molar refractivity (Wildman–Crippen MR) is 199 cm³/mol. The number of aliphatic hydroxyl groups is 3. The molecule has 1 aliphatic heterocycles.